The molecule has 1 aromatic heterocycles. The SMILES string of the molecule is CC(=O)n1c(=O)[nH]c(N)c(O)c1=O. The van der Waals surface area contributed by atoms with Gasteiger partial charge in [0.25, 0.3) is 0 Å². The first-order chi connectivity index (χ1) is 5.95. The number of carbonyl (C=O) groups is 1. The van der Waals surface area contributed by atoms with Crippen molar-refractivity contribution in [3.8, 4) is 5.75 Å². The molecule has 0 unspecified atom stereocenters. The molecule has 4 N–H and O–H groups in total. The average molecular weight is 185 g/mol. The number of nitrogens with zero attached hydrogens (tertiary/aromatic N) is 1. The van der Waals surface area contributed by atoms with Crippen LogP contribution in [-0.4, -0.2) is 20.6 Å². The molecule has 0 aliphatic carbocycles. The second-order valence-corrected chi connectivity index (χ2v) is 2.35. The van der Waals surface area contributed by atoms with Crippen LogP contribution in [0.25, 0.3) is 0 Å². The number of aromatic hydroxyl groups is 1. The molecule has 1 rings (SSSR count). The average Bonchev–Trinajstić information content (AvgIpc) is 1.99. The lowest BCUT2D eigenvalue weighted by molar-refractivity contribution is 0.0925. The fourth-order valence-electron chi connectivity index (χ4n) is 0.830. The molecule has 13 heavy (non-hydrogen) atoms. The zero-order valence-electron chi connectivity index (χ0n) is 6.70. The molecule has 0 bridgehead atoms. The Kier molecular flexibility index (Phi) is 1.93. The van der Waals surface area contributed by atoms with Gasteiger partial charge in [0.2, 0.25) is 11.7 Å². The highest BCUT2D eigenvalue weighted by Gasteiger charge is 2.12. The summed E-state index contributed by atoms with van der Waals surface area (Å²) in [7, 11) is 0. The number of nitrogens with two attached hydrogens (primary N) is 1. The van der Waals surface area contributed by atoms with E-state index in [0.29, 0.717) is 0 Å². The monoisotopic (exact) mass is 185 g/mol. The van der Waals surface area contributed by atoms with Crippen molar-refractivity contribution in [2.24, 2.45) is 0 Å². The number of rotatable bonds is 0. The highest BCUT2D eigenvalue weighted by molar-refractivity contribution is 5.76. The van der Waals surface area contributed by atoms with E-state index in [0.717, 1.165) is 6.92 Å². The number of aromatic nitrogens is 2. The Balaban J connectivity index is 3.74. The maximum atomic E-state index is 11.0. The fourth-order valence-corrected chi connectivity index (χ4v) is 0.830. The summed E-state index contributed by atoms with van der Waals surface area (Å²) in [6.45, 7) is 1.02. The van der Waals surface area contributed by atoms with Gasteiger partial charge in [-0.05, 0) is 0 Å². The van der Waals surface area contributed by atoms with Gasteiger partial charge in [-0.25, -0.2) is 4.79 Å². The van der Waals surface area contributed by atoms with Crippen molar-refractivity contribution >= 4 is 11.7 Å². The fraction of sp³-hybridized carbons (Fsp3) is 0.167. The zero-order valence-corrected chi connectivity index (χ0v) is 6.70. The van der Waals surface area contributed by atoms with Gasteiger partial charge in [0.1, 0.15) is 0 Å². The molecule has 0 aliphatic heterocycles. The topological polar surface area (TPSA) is 118 Å². The second kappa shape index (κ2) is 2.77. The van der Waals surface area contributed by atoms with Gasteiger partial charge in [-0.3, -0.25) is 14.6 Å². The summed E-state index contributed by atoms with van der Waals surface area (Å²) in [6.07, 6.45) is 0. The zero-order chi connectivity index (χ0) is 10.2. The van der Waals surface area contributed by atoms with Gasteiger partial charge in [-0.2, -0.15) is 4.57 Å². The van der Waals surface area contributed by atoms with Crippen LogP contribution in [0.15, 0.2) is 9.59 Å². The normalized spacial score (nSPS) is 9.92. The third-order valence-corrected chi connectivity index (χ3v) is 1.42. The van der Waals surface area contributed by atoms with Crippen LogP contribution in [0.5, 0.6) is 5.75 Å². The molecular weight excluding hydrogens is 178 g/mol. The Morgan fingerprint density at radius 3 is 2.54 bits per heavy atom. The number of hydrogen-bond acceptors (Lipinski definition) is 5. The minimum atomic E-state index is -1.12. The predicted octanol–water partition coefficient (Wildman–Crippen LogP) is -1.52. The molecule has 1 aromatic rings. The summed E-state index contributed by atoms with van der Waals surface area (Å²) >= 11 is 0. The molecule has 0 saturated carbocycles. The lowest BCUT2D eigenvalue weighted by atomic mass is 10.5. The predicted molar refractivity (Wildman–Crippen MR) is 43.7 cm³/mol. The van der Waals surface area contributed by atoms with Crippen LogP contribution in [0, 0.1) is 0 Å². The van der Waals surface area contributed by atoms with Gasteiger partial charge in [0.15, 0.2) is 5.82 Å². The number of nitrogen functional groups attached to an aromatic ring is 1. The number of carbonyl (C=O) groups excluding carboxylic acids is 1. The second-order valence-electron chi connectivity index (χ2n) is 2.35. The van der Waals surface area contributed by atoms with E-state index in [2.05, 4.69) is 0 Å². The van der Waals surface area contributed by atoms with E-state index >= 15 is 0 Å². The summed E-state index contributed by atoms with van der Waals surface area (Å²) in [5.74, 6) is -2.08. The van der Waals surface area contributed by atoms with Crippen molar-refractivity contribution < 1.29 is 9.90 Å². The molecule has 0 atom stereocenters. The molecular formula is C6H7N3O4. The summed E-state index contributed by atoms with van der Waals surface area (Å²) < 4.78 is 0.256. The molecule has 0 aliphatic rings. The lowest BCUT2D eigenvalue weighted by Gasteiger charge is -2.01. The molecule has 7 heteroatoms. The van der Waals surface area contributed by atoms with Crippen LogP contribution in [-0.2, 0) is 0 Å². The third kappa shape index (κ3) is 1.31. The largest absolute Gasteiger partial charge is 0.501 e. The van der Waals surface area contributed by atoms with Gasteiger partial charge >= 0.3 is 11.2 Å². The number of nitrogens with one attached hydrogen (secondary N) is 1. The van der Waals surface area contributed by atoms with E-state index in [1.54, 1.807) is 0 Å². The minimum Gasteiger partial charge on any atom is -0.501 e. The first kappa shape index (κ1) is 9.04. The molecule has 1 heterocycles. The van der Waals surface area contributed by atoms with Crippen LogP contribution in [0.2, 0.25) is 0 Å². The van der Waals surface area contributed by atoms with Crippen molar-refractivity contribution in [3.05, 3.63) is 20.8 Å². The molecule has 70 valence electrons. The Morgan fingerprint density at radius 2 is 2.08 bits per heavy atom. The maximum absolute atomic E-state index is 11.0. The van der Waals surface area contributed by atoms with E-state index in [1.165, 1.54) is 0 Å². The maximum Gasteiger partial charge on any atom is 0.337 e. The molecule has 0 saturated heterocycles. The quantitative estimate of drug-likeness (QED) is 0.453. The molecule has 0 spiro atoms. The smallest absolute Gasteiger partial charge is 0.337 e. The summed E-state index contributed by atoms with van der Waals surface area (Å²) in [5.41, 5.74) is 2.98. The number of aromatic amines is 1. The van der Waals surface area contributed by atoms with Gasteiger partial charge in [0.05, 0.1) is 0 Å². The van der Waals surface area contributed by atoms with E-state index in [9.17, 15) is 14.4 Å². The first-order valence-corrected chi connectivity index (χ1v) is 3.30. The molecule has 7 nitrogen and oxygen atoms in total. The summed E-state index contributed by atoms with van der Waals surface area (Å²) in [6, 6.07) is 0. The molecule has 0 fully saturated rings. The highest BCUT2D eigenvalue weighted by Crippen LogP contribution is 2.05. The Hall–Kier alpha value is -2.05. The third-order valence-electron chi connectivity index (χ3n) is 1.42. The van der Waals surface area contributed by atoms with E-state index < -0.39 is 28.7 Å². The molecule has 0 amide bonds. The van der Waals surface area contributed by atoms with Crippen molar-refractivity contribution in [1.82, 2.24) is 9.55 Å². The summed E-state index contributed by atoms with van der Waals surface area (Å²) in [4.78, 5) is 34.7. The van der Waals surface area contributed by atoms with Gasteiger partial charge < -0.3 is 10.8 Å². The summed E-state index contributed by atoms with van der Waals surface area (Å²) in [5, 5.41) is 8.98. The van der Waals surface area contributed by atoms with E-state index in [1.807, 2.05) is 4.98 Å². The van der Waals surface area contributed by atoms with Crippen LogP contribution in [0.4, 0.5) is 5.82 Å². The van der Waals surface area contributed by atoms with Gasteiger partial charge in [-0.15, -0.1) is 0 Å². The highest BCUT2D eigenvalue weighted by atomic mass is 16.3. The molecule has 0 radical (unpaired) electrons. The number of hydrogen-bond donors (Lipinski definition) is 3. The minimum absolute atomic E-state index is 0.256. The van der Waals surface area contributed by atoms with Crippen molar-refractivity contribution in [1.29, 1.82) is 0 Å². The van der Waals surface area contributed by atoms with Gasteiger partial charge in [0, 0.05) is 6.92 Å². The standard InChI is InChI=1S/C6H7N3O4/c1-2(10)9-5(12)3(11)4(7)8-6(9)13/h11H,7H2,1H3,(H,8,13). The Labute approximate surface area is 71.4 Å². The van der Waals surface area contributed by atoms with Crippen LogP contribution >= 0.6 is 0 Å². The van der Waals surface area contributed by atoms with Crippen molar-refractivity contribution in [2.45, 2.75) is 6.92 Å². The molecule has 0 aromatic carbocycles. The lowest BCUT2D eigenvalue weighted by Crippen LogP contribution is -2.38. The number of anilines is 1. The van der Waals surface area contributed by atoms with E-state index in [4.69, 9.17) is 10.8 Å². The van der Waals surface area contributed by atoms with Crippen molar-refractivity contribution in [3.63, 3.8) is 0 Å². The Morgan fingerprint density at radius 1 is 1.54 bits per heavy atom. The first-order valence-electron chi connectivity index (χ1n) is 3.30. The van der Waals surface area contributed by atoms with Crippen molar-refractivity contribution in [2.75, 3.05) is 5.73 Å². The van der Waals surface area contributed by atoms with Crippen LogP contribution in [0.3, 0.4) is 0 Å². The van der Waals surface area contributed by atoms with Gasteiger partial charge in [-0.1, -0.05) is 0 Å². The van der Waals surface area contributed by atoms with Crippen LogP contribution in [0.1, 0.15) is 11.7 Å². The number of H-pyrrole nitrogens is 1. The Bertz CT molecular complexity index is 470. The van der Waals surface area contributed by atoms with E-state index in [-0.39, 0.29) is 4.57 Å². The van der Waals surface area contributed by atoms with Crippen LogP contribution < -0.4 is 17.0 Å².